The summed E-state index contributed by atoms with van der Waals surface area (Å²) < 4.78 is 41.5. The molecule has 2 saturated carbocycles. The molecule has 1 aromatic carbocycles. The third-order valence-corrected chi connectivity index (χ3v) is 8.92. The van der Waals surface area contributed by atoms with Crippen LogP contribution in [0.15, 0.2) is 18.2 Å². The average Bonchev–Trinajstić information content (AvgIpc) is 3.55. The molecule has 5 N–H and O–H groups in total. The number of piperidine rings is 1. The molecule has 1 unspecified atom stereocenters. The Labute approximate surface area is 238 Å². The number of aromatic nitrogens is 2. The summed E-state index contributed by atoms with van der Waals surface area (Å²) in [7, 11) is 0. The summed E-state index contributed by atoms with van der Waals surface area (Å²) in [5, 5.41) is 20.1. The first-order valence-corrected chi connectivity index (χ1v) is 14.8. The maximum absolute atomic E-state index is 14.2. The summed E-state index contributed by atoms with van der Waals surface area (Å²) in [5.74, 6) is -4.11. The monoisotopic (exact) mass is 578 g/mol. The second-order valence-electron chi connectivity index (χ2n) is 12.2. The Morgan fingerprint density at radius 1 is 1.15 bits per heavy atom. The Morgan fingerprint density at radius 3 is 2.54 bits per heavy atom. The number of aliphatic hydroxyl groups is 1. The van der Waals surface area contributed by atoms with Crippen molar-refractivity contribution in [3.05, 3.63) is 29.8 Å². The number of alkyl halides is 2. The summed E-state index contributed by atoms with van der Waals surface area (Å²) in [6.45, 7) is 4.50. The fourth-order valence-electron chi connectivity index (χ4n) is 6.30. The Morgan fingerprint density at radius 2 is 1.88 bits per heavy atom. The maximum atomic E-state index is 14.2. The number of hydrogen-bond acceptors (Lipinski definition) is 6. The summed E-state index contributed by atoms with van der Waals surface area (Å²) >= 11 is 0. The Bertz CT molecular complexity index is 1240. The van der Waals surface area contributed by atoms with Crippen LogP contribution in [0.1, 0.15) is 83.9 Å². The van der Waals surface area contributed by atoms with E-state index in [2.05, 4.69) is 25.9 Å². The SMILES string of the molecule is C[C@H](NC(=O)[C@@H](CC(O)N1CCCC[C@H]1C)NC(=O)C1CCC(F)(F)CC1)NC1(c2nc3c(F)cccc3[nH]2)CC1. The molecule has 0 spiro atoms. The highest BCUT2D eigenvalue weighted by Crippen LogP contribution is 2.45. The van der Waals surface area contributed by atoms with Crippen molar-refractivity contribution in [3.8, 4) is 0 Å². The van der Waals surface area contributed by atoms with Crippen LogP contribution in [-0.2, 0) is 15.1 Å². The number of nitrogens with one attached hydrogen (secondary N) is 4. The van der Waals surface area contributed by atoms with E-state index in [1.54, 1.807) is 19.1 Å². The number of nitrogens with zero attached hydrogens (tertiary/aromatic N) is 2. The molecule has 1 saturated heterocycles. The molecule has 0 radical (unpaired) electrons. The summed E-state index contributed by atoms with van der Waals surface area (Å²) in [6, 6.07) is 3.82. The van der Waals surface area contributed by atoms with E-state index in [1.807, 2.05) is 11.8 Å². The number of carbonyl (C=O) groups excluding carboxylic acids is 2. The van der Waals surface area contributed by atoms with Gasteiger partial charge in [-0.1, -0.05) is 12.5 Å². The van der Waals surface area contributed by atoms with Gasteiger partial charge in [0.05, 0.1) is 17.2 Å². The number of amides is 2. The highest BCUT2D eigenvalue weighted by Gasteiger charge is 2.48. The zero-order valence-electron chi connectivity index (χ0n) is 23.7. The number of aromatic amines is 1. The van der Waals surface area contributed by atoms with Gasteiger partial charge in [0.25, 0.3) is 0 Å². The Hall–Kier alpha value is -2.70. The van der Waals surface area contributed by atoms with Gasteiger partial charge < -0.3 is 20.7 Å². The maximum Gasteiger partial charge on any atom is 0.248 e. The van der Waals surface area contributed by atoms with Crippen LogP contribution in [0.25, 0.3) is 11.0 Å². The first-order chi connectivity index (χ1) is 19.5. The molecular formula is C29H41F3N6O3. The van der Waals surface area contributed by atoms with Crippen molar-refractivity contribution >= 4 is 22.8 Å². The lowest BCUT2D eigenvalue weighted by Crippen LogP contribution is -2.57. The van der Waals surface area contributed by atoms with Crippen LogP contribution in [0.3, 0.4) is 0 Å². The van der Waals surface area contributed by atoms with Gasteiger partial charge in [-0.05, 0) is 64.5 Å². The van der Waals surface area contributed by atoms with E-state index in [0.717, 1.165) is 32.1 Å². The second kappa shape index (κ2) is 11.9. The molecular weight excluding hydrogens is 537 g/mol. The molecule has 2 aromatic rings. The first-order valence-electron chi connectivity index (χ1n) is 14.8. The van der Waals surface area contributed by atoms with E-state index in [4.69, 9.17) is 0 Å². The zero-order chi connectivity index (χ0) is 29.4. The normalized spacial score (nSPS) is 24.9. The number of fused-ring (bicyclic) bond motifs is 1. The number of hydrogen-bond donors (Lipinski definition) is 5. The molecule has 41 heavy (non-hydrogen) atoms. The van der Waals surface area contributed by atoms with Crippen molar-refractivity contribution < 1.29 is 27.9 Å². The summed E-state index contributed by atoms with van der Waals surface area (Å²) in [5.41, 5.74) is 0.304. The van der Waals surface area contributed by atoms with E-state index in [9.17, 15) is 27.9 Å². The van der Waals surface area contributed by atoms with Crippen LogP contribution >= 0.6 is 0 Å². The number of likely N-dealkylation sites (tertiary alicyclic amines) is 1. The van der Waals surface area contributed by atoms with Gasteiger partial charge in [0.15, 0.2) is 5.82 Å². The molecule has 9 nitrogen and oxygen atoms in total. The average molecular weight is 579 g/mol. The summed E-state index contributed by atoms with van der Waals surface area (Å²) in [4.78, 5) is 36.2. The van der Waals surface area contributed by atoms with Crippen LogP contribution in [-0.4, -0.2) is 68.7 Å². The molecule has 0 bridgehead atoms. The Balaban J connectivity index is 1.25. The molecule has 5 rings (SSSR count). The van der Waals surface area contributed by atoms with Crippen molar-refractivity contribution in [3.63, 3.8) is 0 Å². The lowest BCUT2D eigenvalue weighted by molar-refractivity contribution is -0.136. The van der Waals surface area contributed by atoms with Crippen LogP contribution in [0.5, 0.6) is 0 Å². The number of imidazole rings is 1. The van der Waals surface area contributed by atoms with Gasteiger partial charge in [-0.2, -0.15) is 0 Å². The fraction of sp³-hybridized carbons (Fsp3) is 0.690. The number of rotatable bonds is 10. The molecule has 3 aliphatic rings. The van der Waals surface area contributed by atoms with Crippen molar-refractivity contribution in [1.82, 2.24) is 30.8 Å². The predicted molar refractivity (Wildman–Crippen MR) is 147 cm³/mol. The topological polar surface area (TPSA) is 122 Å². The molecule has 3 fully saturated rings. The van der Waals surface area contributed by atoms with Crippen LogP contribution < -0.4 is 16.0 Å². The number of aliphatic hydroxyl groups excluding tert-OH is 1. The number of halogens is 3. The third kappa shape index (κ3) is 6.86. The van der Waals surface area contributed by atoms with Crippen LogP contribution in [0.2, 0.25) is 0 Å². The van der Waals surface area contributed by atoms with Gasteiger partial charge in [0.1, 0.15) is 23.6 Å². The molecule has 2 amide bonds. The quantitative estimate of drug-likeness (QED) is 0.275. The minimum atomic E-state index is -2.76. The molecule has 226 valence electrons. The van der Waals surface area contributed by atoms with Gasteiger partial charge in [-0.25, -0.2) is 18.2 Å². The summed E-state index contributed by atoms with van der Waals surface area (Å²) in [6.07, 6.45) is 2.32. The van der Waals surface area contributed by atoms with Gasteiger partial charge in [0, 0.05) is 37.8 Å². The molecule has 1 aliphatic heterocycles. The van der Waals surface area contributed by atoms with Crippen molar-refractivity contribution in [2.75, 3.05) is 6.54 Å². The number of carbonyl (C=O) groups is 2. The highest BCUT2D eigenvalue weighted by atomic mass is 19.3. The van der Waals surface area contributed by atoms with Crippen molar-refractivity contribution in [2.45, 2.75) is 114 Å². The molecule has 2 heterocycles. The zero-order valence-corrected chi connectivity index (χ0v) is 23.7. The molecule has 4 atom stereocenters. The molecule has 12 heteroatoms. The van der Waals surface area contributed by atoms with Crippen LogP contribution in [0.4, 0.5) is 13.2 Å². The van der Waals surface area contributed by atoms with E-state index in [-0.39, 0.29) is 43.7 Å². The van der Waals surface area contributed by atoms with E-state index in [1.165, 1.54) is 6.07 Å². The van der Waals surface area contributed by atoms with E-state index >= 15 is 0 Å². The Kier molecular flexibility index (Phi) is 8.63. The lowest BCUT2D eigenvalue weighted by Gasteiger charge is -2.38. The first kappa shape index (κ1) is 29.8. The van der Waals surface area contributed by atoms with Gasteiger partial charge in [-0.15, -0.1) is 0 Å². The van der Waals surface area contributed by atoms with Crippen molar-refractivity contribution in [2.24, 2.45) is 5.92 Å². The predicted octanol–water partition coefficient (Wildman–Crippen LogP) is 3.64. The van der Waals surface area contributed by atoms with E-state index < -0.39 is 53.4 Å². The molecule has 2 aliphatic carbocycles. The second-order valence-corrected chi connectivity index (χ2v) is 12.2. The smallest absolute Gasteiger partial charge is 0.248 e. The highest BCUT2D eigenvalue weighted by molar-refractivity contribution is 5.88. The number of para-hydroxylation sites is 1. The molecule has 1 aromatic heterocycles. The van der Waals surface area contributed by atoms with E-state index in [0.29, 0.717) is 17.9 Å². The van der Waals surface area contributed by atoms with Gasteiger partial charge >= 0.3 is 0 Å². The third-order valence-electron chi connectivity index (χ3n) is 8.92. The minimum Gasteiger partial charge on any atom is -0.378 e. The standard InChI is InChI=1S/C29H41F3N6O3/c1-17-6-3-4-15-38(17)23(39)16-22(34-25(40)19-9-11-29(31,32)12-10-19)26(41)33-18(2)37-28(13-14-28)27-35-21-8-5-7-20(30)24(21)36-27/h5,7-8,17-19,22-23,37,39H,3-4,6,9-16H2,1-2H3,(H,33,41)(H,34,40)(H,35,36)/t17-,18-,22-,23?/m1/s1. The van der Waals surface area contributed by atoms with Crippen molar-refractivity contribution in [1.29, 1.82) is 0 Å². The van der Waals surface area contributed by atoms with Crippen LogP contribution in [0, 0.1) is 11.7 Å². The fourth-order valence-corrected chi connectivity index (χ4v) is 6.30. The largest absolute Gasteiger partial charge is 0.378 e. The lowest BCUT2D eigenvalue weighted by atomic mass is 9.86. The van der Waals surface area contributed by atoms with Gasteiger partial charge in [0.2, 0.25) is 17.7 Å². The minimum absolute atomic E-state index is 0.0223. The number of benzene rings is 1. The van der Waals surface area contributed by atoms with Gasteiger partial charge in [-0.3, -0.25) is 19.8 Å². The number of H-pyrrole nitrogens is 1.